The van der Waals surface area contributed by atoms with E-state index in [1.807, 2.05) is 18.2 Å². The number of ether oxygens (including phenoxy) is 2. The van der Waals surface area contributed by atoms with Gasteiger partial charge in [-0.1, -0.05) is 37.0 Å². The Kier molecular flexibility index (Phi) is 7.82. The summed E-state index contributed by atoms with van der Waals surface area (Å²) >= 11 is 11.4. The number of benzene rings is 1. The lowest BCUT2D eigenvalue weighted by atomic mass is 10.1. The van der Waals surface area contributed by atoms with Crippen LogP contribution < -0.4 is 14.8 Å². The van der Waals surface area contributed by atoms with E-state index in [9.17, 15) is 0 Å². The van der Waals surface area contributed by atoms with Crippen LogP contribution in [0.1, 0.15) is 19.4 Å². The Hall–Kier alpha value is -0.900. The molecule has 0 saturated heterocycles. The summed E-state index contributed by atoms with van der Waals surface area (Å²) in [7, 11) is 1.65. The van der Waals surface area contributed by atoms with E-state index in [4.69, 9.17) is 32.7 Å². The van der Waals surface area contributed by atoms with Crippen molar-refractivity contribution in [2.24, 2.45) is 5.92 Å². The molecule has 0 radical (unpaired) electrons. The summed E-state index contributed by atoms with van der Waals surface area (Å²) in [6.45, 7) is 6.25. The summed E-state index contributed by atoms with van der Waals surface area (Å²) in [5.74, 6) is 2.18. The molecule has 1 rings (SSSR count). The first kappa shape index (κ1) is 17.2. The van der Waals surface area contributed by atoms with Crippen molar-refractivity contribution in [3.8, 4) is 11.5 Å². The maximum absolute atomic E-state index is 5.84. The van der Waals surface area contributed by atoms with Crippen molar-refractivity contribution < 1.29 is 9.47 Å². The van der Waals surface area contributed by atoms with E-state index in [2.05, 4.69) is 19.2 Å². The molecule has 0 heterocycles. The van der Waals surface area contributed by atoms with Gasteiger partial charge in [-0.3, -0.25) is 0 Å². The van der Waals surface area contributed by atoms with E-state index in [0.717, 1.165) is 23.6 Å². The highest BCUT2D eigenvalue weighted by Gasteiger charge is 2.07. The van der Waals surface area contributed by atoms with E-state index < -0.39 is 0 Å². The van der Waals surface area contributed by atoms with Gasteiger partial charge in [-0.15, -0.1) is 0 Å². The van der Waals surface area contributed by atoms with Gasteiger partial charge < -0.3 is 14.8 Å². The minimum atomic E-state index is 0.258. The molecule has 3 nitrogen and oxygen atoms in total. The summed E-state index contributed by atoms with van der Waals surface area (Å²) in [4.78, 5) is 0. The van der Waals surface area contributed by atoms with Crippen LogP contribution in [0.4, 0.5) is 0 Å². The predicted octanol–water partition coefficient (Wildman–Crippen LogP) is 4.14. The first-order valence-corrected chi connectivity index (χ1v) is 7.33. The van der Waals surface area contributed by atoms with Crippen LogP contribution in [-0.4, -0.2) is 20.3 Å². The molecule has 5 heteroatoms. The topological polar surface area (TPSA) is 30.5 Å². The zero-order valence-corrected chi connectivity index (χ0v) is 13.6. The zero-order valence-electron chi connectivity index (χ0n) is 12.1. The fraction of sp³-hybridized carbons (Fsp3) is 0.467. The van der Waals surface area contributed by atoms with Gasteiger partial charge in [-0.05, 0) is 30.7 Å². The first-order chi connectivity index (χ1) is 9.56. The molecule has 1 aromatic carbocycles. The molecule has 1 N–H and O–H groups in total. The molecule has 0 bridgehead atoms. The molecule has 112 valence electrons. The Bertz CT molecular complexity index is 447. The maximum atomic E-state index is 5.84. The quantitative estimate of drug-likeness (QED) is 0.781. The van der Waals surface area contributed by atoms with Gasteiger partial charge in [0.05, 0.1) is 12.1 Å². The molecule has 0 saturated carbocycles. The molecule has 0 spiro atoms. The van der Waals surface area contributed by atoms with Gasteiger partial charge in [0.2, 0.25) is 0 Å². The van der Waals surface area contributed by atoms with Crippen LogP contribution in [0.5, 0.6) is 11.5 Å². The lowest BCUT2D eigenvalue weighted by Gasteiger charge is -2.14. The van der Waals surface area contributed by atoms with Crippen LogP contribution in [0.15, 0.2) is 28.8 Å². The van der Waals surface area contributed by atoms with E-state index in [1.165, 1.54) is 5.54 Å². The van der Waals surface area contributed by atoms with Crippen molar-refractivity contribution in [3.05, 3.63) is 34.3 Å². The number of hydrogen-bond acceptors (Lipinski definition) is 3. The van der Waals surface area contributed by atoms with Gasteiger partial charge in [0, 0.05) is 17.6 Å². The van der Waals surface area contributed by atoms with Gasteiger partial charge >= 0.3 is 0 Å². The molecule has 0 aliphatic rings. The van der Waals surface area contributed by atoms with Gasteiger partial charge in [0.15, 0.2) is 0 Å². The highest BCUT2D eigenvalue weighted by molar-refractivity contribution is 6.36. The Labute approximate surface area is 130 Å². The summed E-state index contributed by atoms with van der Waals surface area (Å²) in [6.07, 6.45) is 0. The van der Waals surface area contributed by atoms with E-state index in [1.54, 1.807) is 7.11 Å². The average Bonchev–Trinajstić information content (AvgIpc) is 2.44. The van der Waals surface area contributed by atoms with Crippen molar-refractivity contribution in [2.75, 3.05) is 20.3 Å². The highest BCUT2D eigenvalue weighted by Crippen LogP contribution is 2.25. The van der Waals surface area contributed by atoms with E-state index >= 15 is 0 Å². The minimum absolute atomic E-state index is 0.258. The molecule has 1 aromatic rings. The van der Waals surface area contributed by atoms with Crippen LogP contribution in [0, 0.1) is 5.92 Å². The van der Waals surface area contributed by atoms with Crippen LogP contribution in [0.2, 0.25) is 0 Å². The predicted molar refractivity (Wildman–Crippen MR) is 84.8 cm³/mol. The van der Waals surface area contributed by atoms with Gasteiger partial charge in [-0.2, -0.15) is 0 Å². The maximum Gasteiger partial charge on any atom is 0.125 e. The fourth-order valence-corrected chi connectivity index (χ4v) is 1.75. The van der Waals surface area contributed by atoms with Gasteiger partial charge in [-0.25, -0.2) is 0 Å². The van der Waals surface area contributed by atoms with Gasteiger partial charge in [0.1, 0.15) is 18.1 Å². The second-order valence-electron chi connectivity index (χ2n) is 4.84. The van der Waals surface area contributed by atoms with Crippen molar-refractivity contribution in [1.29, 1.82) is 0 Å². The third-order valence-electron chi connectivity index (χ3n) is 2.62. The smallest absolute Gasteiger partial charge is 0.125 e. The first-order valence-electron chi connectivity index (χ1n) is 6.52. The van der Waals surface area contributed by atoms with Crippen LogP contribution in [0.3, 0.4) is 0 Å². The number of hydrogen-bond donors (Lipinski definition) is 1. The SMILES string of the molecule is COc1ccc(OCC(Cl)=CCl)c(CNCC(C)C)c1. The Balaban J connectivity index is 2.75. The largest absolute Gasteiger partial charge is 0.497 e. The lowest BCUT2D eigenvalue weighted by molar-refractivity contribution is 0.351. The molecule has 0 aliphatic heterocycles. The zero-order chi connectivity index (χ0) is 15.0. The molecular weight excluding hydrogens is 297 g/mol. The molecule has 20 heavy (non-hydrogen) atoms. The Morgan fingerprint density at radius 1 is 1.40 bits per heavy atom. The lowest BCUT2D eigenvalue weighted by Crippen LogP contribution is -2.19. The third kappa shape index (κ3) is 6.04. The average molecular weight is 318 g/mol. The highest BCUT2D eigenvalue weighted by atomic mass is 35.5. The van der Waals surface area contributed by atoms with Crippen molar-refractivity contribution in [1.82, 2.24) is 5.32 Å². The molecule has 0 fully saturated rings. The number of nitrogens with one attached hydrogen (secondary N) is 1. The van der Waals surface area contributed by atoms with E-state index in [0.29, 0.717) is 17.5 Å². The summed E-state index contributed by atoms with van der Waals surface area (Å²) < 4.78 is 10.9. The van der Waals surface area contributed by atoms with Crippen molar-refractivity contribution >= 4 is 23.2 Å². The molecule has 0 aromatic heterocycles. The molecule has 0 aliphatic carbocycles. The molecular formula is C15H21Cl2NO2. The number of methoxy groups -OCH3 is 1. The third-order valence-corrected chi connectivity index (χ3v) is 3.21. The molecule has 0 atom stereocenters. The Morgan fingerprint density at radius 3 is 2.75 bits per heavy atom. The monoisotopic (exact) mass is 317 g/mol. The molecule has 0 amide bonds. The number of rotatable bonds is 8. The molecule has 0 unspecified atom stereocenters. The fourth-order valence-electron chi connectivity index (χ4n) is 1.64. The minimum Gasteiger partial charge on any atom is -0.497 e. The summed E-state index contributed by atoms with van der Waals surface area (Å²) in [5, 5.41) is 3.85. The van der Waals surface area contributed by atoms with Crippen LogP contribution in [-0.2, 0) is 6.54 Å². The second kappa shape index (κ2) is 9.11. The van der Waals surface area contributed by atoms with Crippen LogP contribution in [0.25, 0.3) is 0 Å². The van der Waals surface area contributed by atoms with Crippen LogP contribution >= 0.6 is 23.2 Å². The normalized spacial score (nSPS) is 11.8. The summed E-state index contributed by atoms with van der Waals surface area (Å²) in [5.41, 5.74) is 2.34. The van der Waals surface area contributed by atoms with Gasteiger partial charge in [0.25, 0.3) is 0 Å². The second-order valence-corrected chi connectivity index (χ2v) is 5.55. The Morgan fingerprint density at radius 2 is 2.15 bits per heavy atom. The summed E-state index contributed by atoms with van der Waals surface area (Å²) in [6, 6.07) is 5.70. The van der Waals surface area contributed by atoms with Crippen molar-refractivity contribution in [2.45, 2.75) is 20.4 Å². The standard InChI is InChI=1S/C15H21Cl2NO2/c1-11(2)8-18-9-12-6-14(19-3)4-5-15(12)20-10-13(17)7-16/h4-7,11,18H,8-10H2,1-3H3. The van der Waals surface area contributed by atoms with E-state index in [-0.39, 0.29) is 6.61 Å². The van der Waals surface area contributed by atoms with Crippen molar-refractivity contribution in [3.63, 3.8) is 0 Å². The number of halogens is 2.